The van der Waals surface area contributed by atoms with Gasteiger partial charge < -0.3 is 15.0 Å². The van der Waals surface area contributed by atoms with E-state index < -0.39 is 11.9 Å². The number of nitrogens with zero attached hydrogens (tertiary/aromatic N) is 1. The molecule has 7 nitrogen and oxygen atoms in total. The van der Waals surface area contributed by atoms with Gasteiger partial charge in [0.05, 0.1) is 7.11 Å². The first-order valence-electron chi connectivity index (χ1n) is 10.3. The molecular weight excluding hydrogens is 401 g/mol. The SMILES string of the molecule is COc1cc2c(cc1C1NCC1c1cccc(F)c1)C(=O)N(C1CCC(=O)NC1=O)C2. The third-order valence-electron chi connectivity index (χ3n) is 6.45. The van der Waals surface area contributed by atoms with E-state index in [4.69, 9.17) is 4.74 Å². The van der Waals surface area contributed by atoms with Crippen molar-refractivity contribution >= 4 is 17.7 Å². The molecule has 3 atom stereocenters. The highest BCUT2D eigenvalue weighted by Crippen LogP contribution is 2.43. The normalized spacial score (nSPS) is 25.2. The third-order valence-corrected chi connectivity index (χ3v) is 6.45. The fourth-order valence-corrected chi connectivity index (χ4v) is 4.76. The van der Waals surface area contributed by atoms with Gasteiger partial charge in [-0.25, -0.2) is 4.39 Å². The van der Waals surface area contributed by atoms with Crippen LogP contribution in [0.15, 0.2) is 36.4 Å². The number of halogens is 1. The second kappa shape index (κ2) is 7.46. The number of hydrogen-bond acceptors (Lipinski definition) is 5. The lowest BCUT2D eigenvalue weighted by atomic mass is 9.80. The van der Waals surface area contributed by atoms with E-state index >= 15 is 0 Å². The minimum atomic E-state index is -0.658. The van der Waals surface area contributed by atoms with Gasteiger partial charge in [0.25, 0.3) is 5.91 Å². The maximum Gasteiger partial charge on any atom is 0.255 e. The predicted octanol–water partition coefficient (Wildman–Crippen LogP) is 2.02. The van der Waals surface area contributed by atoms with Crippen LogP contribution in [0.2, 0.25) is 0 Å². The molecule has 3 amide bonds. The van der Waals surface area contributed by atoms with Gasteiger partial charge in [-0.2, -0.15) is 0 Å². The first-order valence-corrected chi connectivity index (χ1v) is 10.3. The Labute approximate surface area is 178 Å². The number of hydrogen-bond donors (Lipinski definition) is 2. The fraction of sp³-hybridized carbons (Fsp3) is 0.348. The van der Waals surface area contributed by atoms with E-state index in [1.54, 1.807) is 13.2 Å². The summed E-state index contributed by atoms with van der Waals surface area (Å²) in [6.07, 6.45) is 0.534. The van der Waals surface area contributed by atoms with Crippen molar-refractivity contribution in [2.24, 2.45) is 0 Å². The Balaban J connectivity index is 1.45. The molecule has 3 aliphatic rings. The maximum absolute atomic E-state index is 13.7. The van der Waals surface area contributed by atoms with Crippen LogP contribution in [0.3, 0.4) is 0 Å². The first-order chi connectivity index (χ1) is 15.0. The lowest BCUT2D eigenvalue weighted by Crippen LogP contribution is -2.52. The second-order valence-electron chi connectivity index (χ2n) is 8.20. The number of carbonyl (C=O) groups is 3. The Kier molecular flexibility index (Phi) is 4.74. The van der Waals surface area contributed by atoms with Crippen molar-refractivity contribution in [1.29, 1.82) is 0 Å². The van der Waals surface area contributed by atoms with Gasteiger partial charge in [0.2, 0.25) is 11.8 Å². The van der Waals surface area contributed by atoms with Crippen molar-refractivity contribution in [3.63, 3.8) is 0 Å². The smallest absolute Gasteiger partial charge is 0.255 e. The number of rotatable bonds is 4. The van der Waals surface area contributed by atoms with E-state index in [2.05, 4.69) is 10.6 Å². The van der Waals surface area contributed by atoms with E-state index in [-0.39, 0.29) is 36.0 Å². The highest BCUT2D eigenvalue weighted by atomic mass is 19.1. The zero-order valence-electron chi connectivity index (χ0n) is 17.0. The number of amides is 3. The number of imide groups is 1. The van der Waals surface area contributed by atoms with Crippen LogP contribution in [-0.4, -0.2) is 42.3 Å². The molecule has 2 fully saturated rings. The van der Waals surface area contributed by atoms with Crippen molar-refractivity contribution in [3.8, 4) is 5.75 Å². The largest absolute Gasteiger partial charge is 0.496 e. The minimum absolute atomic E-state index is 0.0605. The van der Waals surface area contributed by atoms with Gasteiger partial charge in [0.15, 0.2) is 0 Å². The molecule has 0 radical (unpaired) electrons. The first kappa shape index (κ1) is 19.7. The van der Waals surface area contributed by atoms with Crippen molar-refractivity contribution in [3.05, 3.63) is 64.5 Å². The Morgan fingerprint density at radius 1 is 1.16 bits per heavy atom. The van der Waals surface area contributed by atoms with Crippen LogP contribution < -0.4 is 15.4 Å². The summed E-state index contributed by atoms with van der Waals surface area (Å²) in [5.74, 6) is -0.542. The van der Waals surface area contributed by atoms with E-state index in [0.717, 1.165) is 16.7 Å². The van der Waals surface area contributed by atoms with E-state index in [0.29, 0.717) is 30.8 Å². The molecule has 5 rings (SSSR count). The van der Waals surface area contributed by atoms with Crippen molar-refractivity contribution < 1.29 is 23.5 Å². The van der Waals surface area contributed by atoms with Crippen molar-refractivity contribution in [2.45, 2.75) is 37.4 Å². The molecule has 160 valence electrons. The van der Waals surface area contributed by atoms with E-state index in [1.807, 2.05) is 18.2 Å². The van der Waals surface area contributed by atoms with Crippen LogP contribution in [-0.2, 0) is 16.1 Å². The van der Waals surface area contributed by atoms with Crippen LogP contribution in [0.1, 0.15) is 51.8 Å². The number of piperidine rings is 1. The summed E-state index contributed by atoms with van der Waals surface area (Å²) in [7, 11) is 1.58. The van der Waals surface area contributed by atoms with E-state index in [9.17, 15) is 18.8 Å². The van der Waals surface area contributed by atoms with Crippen LogP contribution >= 0.6 is 0 Å². The minimum Gasteiger partial charge on any atom is -0.496 e. The third kappa shape index (κ3) is 3.27. The molecule has 0 spiro atoms. The molecule has 2 N–H and O–H groups in total. The molecule has 0 bridgehead atoms. The number of methoxy groups -OCH3 is 1. The Morgan fingerprint density at radius 3 is 2.68 bits per heavy atom. The summed E-state index contributed by atoms with van der Waals surface area (Å²) in [6, 6.07) is 9.45. The lowest BCUT2D eigenvalue weighted by Gasteiger charge is -2.39. The quantitative estimate of drug-likeness (QED) is 0.735. The molecule has 2 aromatic rings. The zero-order valence-corrected chi connectivity index (χ0v) is 17.0. The Hall–Kier alpha value is -3.26. The highest BCUT2D eigenvalue weighted by molar-refractivity contribution is 6.05. The van der Waals surface area contributed by atoms with Crippen LogP contribution in [0.5, 0.6) is 5.75 Å². The van der Waals surface area contributed by atoms with Gasteiger partial charge in [-0.15, -0.1) is 0 Å². The number of carbonyl (C=O) groups excluding carboxylic acids is 3. The van der Waals surface area contributed by atoms with Crippen molar-refractivity contribution in [2.75, 3.05) is 13.7 Å². The Morgan fingerprint density at radius 2 is 2.00 bits per heavy atom. The molecule has 3 heterocycles. The monoisotopic (exact) mass is 423 g/mol. The maximum atomic E-state index is 13.7. The molecular formula is C23H22FN3O4. The molecule has 3 aliphatic heterocycles. The van der Waals surface area contributed by atoms with Gasteiger partial charge >= 0.3 is 0 Å². The zero-order chi connectivity index (χ0) is 21.7. The van der Waals surface area contributed by atoms with E-state index in [1.165, 1.54) is 17.0 Å². The summed E-state index contributed by atoms with van der Waals surface area (Å²) in [5.41, 5.74) is 3.05. The van der Waals surface area contributed by atoms with Gasteiger partial charge in [-0.05, 0) is 41.8 Å². The molecule has 3 unspecified atom stereocenters. The molecule has 0 saturated carbocycles. The fourth-order valence-electron chi connectivity index (χ4n) is 4.76. The average molecular weight is 423 g/mol. The van der Waals surface area contributed by atoms with Crippen LogP contribution in [0, 0.1) is 5.82 Å². The standard InChI is InChI=1S/C23H22FN3O4/c1-31-19-8-13-11-27(18-5-6-20(28)26-22(18)29)23(30)15(13)9-16(19)21-17(10-25-21)12-3-2-4-14(24)7-12/h2-4,7-9,17-18,21,25H,5-6,10-11H2,1H3,(H,26,28,29). The summed E-state index contributed by atoms with van der Waals surface area (Å²) < 4.78 is 19.3. The molecule has 0 aliphatic carbocycles. The molecule has 31 heavy (non-hydrogen) atoms. The summed E-state index contributed by atoms with van der Waals surface area (Å²) in [5, 5.41) is 5.68. The topological polar surface area (TPSA) is 87.7 Å². The van der Waals surface area contributed by atoms with Gasteiger partial charge in [-0.3, -0.25) is 19.7 Å². The highest BCUT2D eigenvalue weighted by Gasteiger charge is 2.41. The Bertz CT molecular complexity index is 1100. The molecule has 8 heteroatoms. The van der Waals surface area contributed by atoms with Crippen LogP contribution in [0.4, 0.5) is 4.39 Å². The predicted molar refractivity (Wildman–Crippen MR) is 109 cm³/mol. The lowest BCUT2D eigenvalue weighted by molar-refractivity contribution is -0.136. The number of benzene rings is 2. The van der Waals surface area contributed by atoms with Gasteiger partial charge in [0, 0.05) is 42.6 Å². The molecule has 0 aromatic heterocycles. The average Bonchev–Trinajstić information content (AvgIpc) is 3.02. The summed E-state index contributed by atoms with van der Waals surface area (Å²) in [4.78, 5) is 38.4. The number of ether oxygens (including phenoxy) is 1. The summed E-state index contributed by atoms with van der Waals surface area (Å²) >= 11 is 0. The van der Waals surface area contributed by atoms with Crippen LogP contribution in [0.25, 0.3) is 0 Å². The van der Waals surface area contributed by atoms with Crippen molar-refractivity contribution in [1.82, 2.24) is 15.5 Å². The molecule has 2 aromatic carbocycles. The number of fused-ring (bicyclic) bond motifs is 1. The summed E-state index contributed by atoms with van der Waals surface area (Å²) in [6.45, 7) is 0.993. The second-order valence-corrected chi connectivity index (χ2v) is 8.20. The van der Waals surface area contributed by atoms with Gasteiger partial charge in [0.1, 0.15) is 17.6 Å². The van der Waals surface area contributed by atoms with Gasteiger partial charge in [-0.1, -0.05) is 12.1 Å². The molecule has 2 saturated heterocycles. The number of nitrogens with one attached hydrogen (secondary N) is 2.